The first kappa shape index (κ1) is 15.5. The van der Waals surface area contributed by atoms with Crippen molar-refractivity contribution in [1.29, 1.82) is 0 Å². The maximum atomic E-state index is 12.9. The molecular formula is C17H27FN2. The van der Waals surface area contributed by atoms with Crippen molar-refractivity contribution in [2.24, 2.45) is 11.8 Å². The highest BCUT2D eigenvalue weighted by Gasteiger charge is 2.40. The minimum absolute atomic E-state index is 0.147. The van der Waals surface area contributed by atoms with Gasteiger partial charge in [-0.1, -0.05) is 26.0 Å². The van der Waals surface area contributed by atoms with Crippen LogP contribution in [0.1, 0.15) is 32.4 Å². The molecule has 2 saturated heterocycles. The highest BCUT2D eigenvalue weighted by Crippen LogP contribution is 2.35. The van der Waals surface area contributed by atoms with Gasteiger partial charge in [-0.2, -0.15) is 0 Å². The Morgan fingerprint density at radius 1 is 1.00 bits per heavy atom. The lowest BCUT2D eigenvalue weighted by atomic mass is 10.0. The van der Waals surface area contributed by atoms with Gasteiger partial charge in [0, 0.05) is 32.2 Å². The van der Waals surface area contributed by atoms with Crippen LogP contribution in [0.15, 0.2) is 24.3 Å². The van der Waals surface area contributed by atoms with Gasteiger partial charge in [0.15, 0.2) is 0 Å². The molecule has 2 heterocycles. The van der Waals surface area contributed by atoms with Gasteiger partial charge in [0.25, 0.3) is 0 Å². The Balaban J connectivity index is 0.000000704. The molecular weight excluding hydrogens is 251 g/mol. The van der Waals surface area contributed by atoms with E-state index in [4.69, 9.17) is 0 Å². The largest absolute Gasteiger partial charge is 0.306 e. The topological polar surface area (TPSA) is 6.48 Å². The van der Waals surface area contributed by atoms with Crippen molar-refractivity contribution in [2.75, 3.05) is 33.2 Å². The molecule has 2 fully saturated rings. The molecule has 0 radical (unpaired) electrons. The predicted octanol–water partition coefficient (Wildman–Crippen LogP) is 3.41. The Kier molecular flexibility index (Phi) is 5.17. The lowest BCUT2D eigenvalue weighted by molar-refractivity contribution is 0.225. The second-order valence-electron chi connectivity index (χ2n) is 5.92. The summed E-state index contributed by atoms with van der Waals surface area (Å²) >= 11 is 0. The number of hydrogen-bond acceptors (Lipinski definition) is 2. The quantitative estimate of drug-likeness (QED) is 0.818. The third-order valence-corrected chi connectivity index (χ3v) is 4.60. The predicted molar refractivity (Wildman–Crippen MR) is 82.2 cm³/mol. The first-order valence-electron chi connectivity index (χ1n) is 7.81. The summed E-state index contributed by atoms with van der Waals surface area (Å²) in [6.45, 7) is 11.1. The average molecular weight is 278 g/mol. The fourth-order valence-corrected chi connectivity index (χ4v) is 3.53. The molecule has 0 spiro atoms. The van der Waals surface area contributed by atoms with Crippen molar-refractivity contribution in [3.05, 3.63) is 35.6 Å². The molecule has 0 saturated carbocycles. The van der Waals surface area contributed by atoms with Crippen LogP contribution in [0.3, 0.4) is 0 Å². The number of benzene rings is 1. The molecule has 0 amide bonds. The Bertz CT molecular complexity index is 404. The van der Waals surface area contributed by atoms with Crippen LogP contribution in [0.2, 0.25) is 0 Å². The van der Waals surface area contributed by atoms with E-state index in [0.29, 0.717) is 6.04 Å². The standard InChI is InChI=1S/C15H21FN2.C2H6/c1-11(12-3-5-15(16)6-4-12)18-9-13-7-17(2)8-14(13)10-18;1-2/h3-6,11,13-14H,7-10H2,1-2H3;1-2H3. The highest BCUT2D eigenvalue weighted by molar-refractivity contribution is 5.20. The molecule has 3 atom stereocenters. The molecule has 3 heteroatoms. The fraction of sp³-hybridized carbons (Fsp3) is 0.647. The first-order valence-corrected chi connectivity index (χ1v) is 7.81. The molecule has 2 aliphatic heterocycles. The zero-order chi connectivity index (χ0) is 14.7. The maximum Gasteiger partial charge on any atom is 0.123 e. The van der Waals surface area contributed by atoms with Crippen LogP contribution >= 0.6 is 0 Å². The zero-order valence-electron chi connectivity index (χ0n) is 13.1. The van der Waals surface area contributed by atoms with Crippen LogP contribution in [0.4, 0.5) is 4.39 Å². The summed E-state index contributed by atoms with van der Waals surface area (Å²) in [7, 11) is 2.21. The fourth-order valence-electron chi connectivity index (χ4n) is 3.53. The number of rotatable bonds is 2. The van der Waals surface area contributed by atoms with E-state index in [-0.39, 0.29) is 5.82 Å². The zero-order valence-corrected chi connectivity index (χ0v) is 13.1. The van der Waals surface area contributed by atoms with Gasteiger partial charge in [-0.15, -0.1) is 0 Å². The number of likely N-dealkylation sites (tertiary alicyclic amines) is 2. The summed E-state index contributed by atoms with van der Waals surface area (Å²) in [6.07, 6.45) is 0. The van der Waals surface area contributed by atoms with Crippen molar-refractivity contribution in [3.63, 3.8) is 0 Å². The SMILES string of the molecule is CC.CC(c1ccc(F)cc1)N1CC2CN(C)CC2C1. The van der Waals surface area contributed by atoms with Crippen molar-refractivity contribution >= 4 is 0 Å². The van der Waals surface area contributed by atoms with E-state index in [1.54, 1.807) is 12.1 Å². The number of fused-ring (bicyclic) bond motifs is 1. The van der Waals surface area contributed by atoms with Crippen molar-refractivity contribution in [3.8, 4) is 0 Å². The molecule has 20 heavy (non-hydrogen) atoms. The molecule has 3 rings (SSSR count). The average Bonchev–Trinajstić information content (AvgIpc) is 2.98. The minimum atomic E-state index is -0.147. The number of halogens is 1. The van der Waals surface area contributed by atoms with Gasteiger partial charge in [0.1, 0.15) is 5.82 Å². The van der Waals surface area contributed by atoms with Gasteiger partial charge in [-0.05, 0) is 43.5 Å². The normalized spacial score (nSPS) is 27.9. The van der Waals surface area contributed by atoms with E-state index in [9.17, 15) is 4.39 Å². The smallest absolute Gasteiger partial charge is 0.123 e. The molecule has 0 aliphatic carbocycles. The Hall–Kier alpha value is -0.930. The lowest BCUT2D eigenvalue weighted by Crippen LogP contribution is -2.29. The Labute approximate surface area is 122 Å². The van der Waals surface area contributed by atoms with Gasteiger partial charge in [0.2, 0.25) is 0 Å². The summed E-state index contributed by atoms with van der Waals surface area (Å²) in [5.74, 6) is 1.52. The molecule has 2 aliphatic rings. The van der Waals surface area contributed by atoms with Crippen molar-refractivity contribution < 1.29 is 4.39 Å². The summed E-state index contributed by atoms with van der Waals surface area (Å²) in [5, 5.41) is 0. The van der Waals surface area contributed by atoms with Gasteiger partial charge in [0.05, 0.1) is 0 Å². The number of nitrogens with zero attached hydrogens (tertiary/aromatic N) is 2. The van der Waals surface area contributed by atoms with Crippen LogP contribution in [-0.4, -0.2) is 43.0 Å². The molecule has 1 aromatic rings. The second kappa shape index (κ2) is 6.68. The lowest BCUT2D eigenvalue weighted by Gasteiger charge is -2.26. The molecule has 0 aromatic heterocycles. The van der Waals surface area contributed by atoms with E-state index < -0.39 is 0 Å². The van der Waals surface area contributed by atoms with Crippen molar-refractivity contribution in [2.45, 2.75) is 26.8 Å². The maximum absolute atomic E-state index is 12.9. The summed E-state index contributed by atoms with van der Waals surface area (Å²) < 4.78 is 12.9. The molecule has 2 nitrogen and oxygen atoms in total. The Morgan fingerprint density at radius 2 is 1.50 bits per heavy atom. The van der Waals surface area contributed by atoms with Crippen LogP contribution in [0.25, 0.3) is 0 Å². The number of hydrogen-bond donors (Lipinski definition) is 0. The molecule has 112 valence electrons. The summed E-state index contributed by atoms with van der Waals surface area (Å²) in [5.41, 5.74) is 1.23. The first-order chi connectivity index (χ1) is 9.63. The van der Waals surface area contributed by atoms with Gasteiger partial charge >= 0.3 is 0 Å². The minimum Gasteiger partial charge on any atom is -0.306 e. The van der Waals surface area contributed by atoms with Crippen LogP contribution in [-0.2, 0) is 0 Å². The van der Waals surface area contributed by atoms with Crippen LogP contribution < -0.4 is 0 Å². The van der Waals surface area contributed by atoms with E-state index in [1.807, 2.05) is 26.0 Å². The molecule has 1 aromatic carbocycles. The van der Waals surface area contributed by atoms with E-state index in [2.05, 4.69) is 23.8 Å². The summed E-state index contributed by atoms with van der Waals surface area (Å²) in [4.78, 5) is 4.99. The van der Waals surface area contributed by atoms with Crippen LogP contribution in [0, 0.1) is 17.7 Å². The van der Waals surface area contributed by atoms with E-state index in [1.165, 1.54) is 31.7 Å². The van der Waals surface area contributed by atoms with Gasteiger partial charge in [-0.3, -0.25) is 4.90 Å². The molecule has 0 N–H and O–H groups in total. The van der Waals surface area contributed by atoms with E-state index >= 15 is 0 Å². The summed E-state index contributed by atoms with van der Waals surface area (Å²) in [6, 6.07) is 7.37. The van der Waals surface area contributed by atoms with Gasteiger partial charge < -0.3 is 4.90 Å². The third-order valence-electron chi connectivity index (χ3n) is 4.60. The third kappa shape index (κ3) is 3.21. The molecule has 0 bridgehead atoms. The van der Waals surface area contributed by atoms with E-state index in [0.717, 1.165) is 11.8 Å². The van der Waals surface area contributed by atoms with Gasteiger partial charge in [-0.25, -0.2) is 4.39 Å². The second-order valence-corrected chi connectivity index (χ2v) is 5.92. The Morgan fingerprint density at radius 3 is 2.00 bits per heavy atom. The monoisotopic (exact) mass is 278 g/mol. The van der Waals surface area contributed by atoms with Crippen molar-refractivity contribution in [1.82, 2.24) is 9.80 Å². The highest BCUT2D eigenvalue weighted by atomic mass is 19.1. The van der Waals surface area contributed by atoms with Crippen LogP contribution in [0.5, 0.6) is 0 Å². The molecule has 3 unspecified atom stereocenters.